The molecule has 0 bridgehead atoms. The van der Waals surface area contributed by atoms with Gasteiger partial charge in [-0.1, -0.05) is 49.9 Å². The summed E-state index contributed by atoms with van der Waals surface area (Å²) in [5.74, 6) is 0.593. The van der Waals surface area contributed by atoms with Crippen molar-refractivity contribution in [2.75, 3.05) is 0 Å². The summed E-state index contributed by atoms with van der Waals surface area (Å²) < 4.78 is 0. The predicted octanol–water partition coefficient (Wildman–Crippen LogP) is 3.74. The van der Waals surface area contributed by atoms with Crippen molar-refractivity contribution >= 4 is 29.9 Å². The van der Waals surface area contributed by atoms with Gasteiger partial charge in [0, 0.05) is 6.04 Å². The zero-order chi connectivity index (χ0) is 13.5. The van der Waals surface area contributed by atoms with E-state index in [2.05, 4.69) is 35.4 Å². The number of nitrogens with one attached hydrogen (secondary N) is 1. The van der Waals surface area contributed by atoms with Gasteiger partial charge in [-0.05, 0) is 30.9 Å². The third-order valence-corrected chi connectivity index (χ3v) is 3.89. The van der Waals surface area contributed by atoms with Crippen LogP contribution in [0.5, 0.6) is 0 Å². The topological polar surface area (TPSA) is 50.4 Å². The van der Waals surface area contributed by atoms with Crippen LogP contribution in [-0.4, -0.2) is 12.0 Å². The Labute approximate surface area is 139 Å². The summed E-state index contributed by atoms with van der Waals surface area (Å²) in [5.41, 5.74) is 8.51. The molecule has 4 heteroatoms. The van der Waals surface area contributed by atoms with Crippen LogP contribution in [0.2, 0.25) is 0 Å². The number of halogens is 1. The van der Waals surface area contributed by atoms with Crippen molar-refractivity contribution in [1.82, 2.24) is 5.32 Å². The first kappa shape index (κ1) is 17.3. The minimum atomic E-state index is 0. The second kappa shape index (κ2) is 9.21. The predicted molar refractivity (Wildman–Crippen MR) is 96.5 cm³/mol. The van der Waals surface area contributed by atoms with Gasteiger partial charge >= 0.3 is 0 Å². The molecule has 112 valence electrons. The van der Waals surface area contributed by atoms with Crippen molar-refractivity contribution in [2.24, 2.45) is 10.7 Å². The molecule has 2 rings (SSSR count). The Bertz CT molecular complexity index is 423. The largest absolute Gasteiger partial charge is 0.370 e. The lowest BCUT2D eigenvalue weighted by Crippen LogP contribution is -2.39. The summed E-state index contributed by atoms with van der Waals surface area (Å²) in [7, 11) is 0. The molecule has 3 N–H and O–H groups in total. The highest BCUT2D eigenvalue weighted by atomic mass is 127. The third-order valence-electron chi connectivity index (χ3n) is 3.89. The second-order valence-corrected chi connectivity index (χ2v) is 5.46. The van der Waals surface area contributed by atoms with Crippen molar-refractivity contribution < 1.29 is 0 Å². The molecule has 0 amide bonds. The zero-order valence-corrected chi connectivity index (χ0v) is 14.6. The van der Waals surface area contributed by atoms with Crippen molar-refractivity contribution in [3.8, 4) is 0 Å². The zero-order valence-electron chi connectivity index (χ0n) is 12.3. The van der Waals surface area contributed by atoms with Crippen LogP contribution in [0.25, 0.3) is 0 Å². The Hall–Kier alpha value is -0.780. The van der Waals surface area contributed by atoms with E-state index in [0.29, 0.717) is 18.5 Å². The molecule has 1 fully saturated rings. The maximum absolute atomic E-state index is 5.99. The highest BCUT2D eigenvalue weighted by molar-refractivity contribution is 14.0. The van der Waals surface area contributed by atoms with Crippen LogP contribution >= 0.6 is 24.0 Å². The van der Waals surface area contributed by atoms with Gasteiger partial charge in [-0.3, -0.25) is 0 Å². The van der Waals surface area contributed by atoms with E-state index in [-0.39, 0.29) is 24.0 Å². The Morgan fingerprint density at radius 3 is 2.50 bits per heavy atom. The summed E-state index contributed by atoms with van der Waals surface area (Å²) in [6.45, 7) is 2.78. The Morgan fingerprint density at radius 1 is 1.20 bits per heavy atom. The van der Waals surface area contributed by atoms with Crippen molar-refractivity contribution in [3.05, 3.63) is 35.4 Å². The fraction of sp³-hybridized carbons (Fsp3) is 0.562. The fourth-order valence-electron chi connectivity index (χ4n) is 2.64. The number of rotatable bonds is 3. The molecule has 0 spiro atoms. The van der Waals surface area contributed by atoms with E-state index < -0.39 is 0 Å². The summed E-state index contributed by atoms with van der Waals surface area (Å²) in [6, 6.07) is 8.84. The van der Waals surface area contributed by atoms with E-state index in [1.54, 1.807) is 0 Å². The van der Waals surface area contributed by atoms with Gasteiger partial charge < -0.3 is 11.1 Å². The maximum Gasteiger partial charge on any atom is 0.189 e. The number of nitrogens with two attached hydrogens (primary N) is 1. The lowest BCUT2D eigenvalue weighted by atomic mass is 10.1. The van der Waals surface area contributed by atoms with Crippen LogP contribution in [0.1, 0.15) is 49.7 Å². The summed E-state index contributed by atoms with van der Waals surface area (Å²) in [4.78, 5) is 4.46. The van der Waals surface area contributed by atoms with E-state index in [9.17, 15) is 0 Å². The molecule has 0 atom stereocenters. The molecule has 0 radical (unpaired) electrons. The van der Waals surface area contributed by atoms with Crippen LogP contribution in [0.15, 0.2) is 29.3 Å². The minimum absolute atomic E-state index is 0. The number of guanidine groups is 1. The molecule has 1 aromatic rings. The first-order valence-electron chi connectivity index (χ1n) is 7.36. The SMILES string of the molecule is Cc1ccccc1CN=C(N)NC1CCCCCC1.I. The molecule has 0 aromatic heterocycles. The van der Waals surface area contributed by atoms with E-state index in [1.165, 1.54) is 49.7 Å². The number of aryl methyl sites for hydroxylation is 1. The molecule has 1 saturated carbocycles. The number of nitrogens with zero attached hydrogens (tertiary/aromatic N) is 1. The van der Waals surface area contributed by atoms with Crippen LogP contribution in [0, 0.1) is 6.92 Å². The normalized spacial score (nSPS) is 17.1. The van der Waals surface area contributed by atoms with Gasteiger partial charge in [0.05, 0.1) is 6.54 Å². The van der Waals surface area contributed by atoms with E-state index in [0.717, 1.165) is 0 Å². The smallest absolute Gasteiger partial charge is 0.189 e. The minimum Gasteiger partial charge on any atom is -0.370 e. The molecule has 3 nitrogen and oxygen atoms in total. The molecule has 0 saturated heterocycles. The third kappa shape index (κ3) is 5.69. The van der Waals surface area contributed by atoms with Crippen molar-refractivity contribution in [3.63, 3.8) is 0 Å². The van der Waals surface area contributed by atoms with Crippen molar-refractivity contribution in [2.45, 2.75) is 58.0 Å². The molecule has 1 aromatic carbocycles. The molecular weight excluding hydrogens is 361 g/mol. The van der Waals surface area contributed by atoms with Gasteiger partial charge in [0.2, 0.25) is 0 Å². The number of hydrogen-bond donors (Lipinski definition) is 2. The molecule has 1 aliphatic rings. The number of benzene rings is 1. The first-order valence-corrected chi connectivity index (χ1v) is 7.36. The van der Waals surface area contributed by atoms with Crippen molar-refractivity contribution in [1.29, 1.82) is 0 Å². The molecule has 1 aliphatic carbocycles. The molecule has 0 unspecified atom stereocenters. The molecule has 20 heavy (non-hydrogen) atoms. The quantitative estimate of drug-likeness (QED) is 0.359. The summed E-state index contributed by atoms with van der Waals surface area (Å²) in [6.07, 6.45) is 7.78. The second-order valence-electron chi connectivity index (χ2n) is 5.46. The van der Waals surface area contributed by atoms with E-state index in [4.69, 9.17) is 5.73 Å². The highest BCUT2D eigenvalue weighted by Crippen LogP contribution is 2.17. The van der Waals surface area contributed by atoms with Crippen LogP contribution < -0.4 is 11.1 Å². The monoisotopic (exact) mass is 387 g/mol. The molecule has 0 aliphatic heterocycles. The van der Waals surface area contributed by atoms with Gasteiger partial charge in [-0.25, -0.2) is 4.99 Å². The average Bonchev–Trinajstić information content (AvgIpc) is 2.66. The van der Waals surface area contributed by atoms with Crippen LogP contribution in [0.3, 0.4) is 0 Å². The lowest BCUT2D eigenvalue weighted by molar-refractivity contribution is 0.530. The average molecular weight is 387 g/mol. The maximum atomic E-state index is 5.99. The lowest BCUT2D eigenvalue weighted by Gasteiger charge is -2.16. The summed E-state index contributed by atoms with van der Waals surface area (Å²) in [5, 5.41) is 3.38. The standard InChI is InChI=1S/C16H25N3.HI/c1-13-8-6-7-9-14(13)12-18-16(17)19-15-10-4-2-3-5-11-15;/h6-9,15H,2-5,10-12H2,1H3,(H3,17,18,19);1H. The highest BCUT2D eigenvalue weighted by Gasteiger charge is 2.12. The van der Waals surface area contributed by atoms with Gasteiger partial charge in [-0.15, -0.1) is 24.0 Å². The van der Waals surface area contributed by atoms with E-state index in [1.807, 2.05) is 6.07 Å². The van der Waals surface area contributed by atoms with Gasteiger partial charge in [0.1, 0.15) is 0 Å². The van der Waals surface area contributed by atoms with Gasteiger partial charge in [-0.2, -0.15) is 0 Å². The number of aliphatic imine (C=N–C) groups is 1. The van der Waals surface area contributed by atoms with E-state index >= 15 is 0 Å². The Balaban J connectivity index is 0.00000200. The summed E-state index contributed by atoms with van der Waals surface area (Å²) >= 11 is 0. The molecular formula is C16H26IN3. The number of hydrogen-bond acceptors (Lipinski definition) is 1. The molecule has 0 heterocycles. The van der Waals surface area contributed by atoms with Crippen LogP contribution in [0.4, 0.5) is 0 Å². The first-order chi connectivity index (χ1) is 9.25. The van der Waals surface area contributed by atoms with Gasteiger partial charge in [0.25, 0.3) is 0 Å². The Morgan fingerprint density at radius 2 is 1.85 bits per heavy atom. The van der Waals surface area contributed by atoms with Crippen LogP contribution in [-0.2, 0) is 6.54 Å². The fourth-order valence-corrected chi connectivity index (χ4v) is 2.64. The Kier molecular flexibility index (Phi) is 7.95. The van der Waals surface area contributed by atoms with Gasteiger partial charge in [0.15, 0.2) is 5.96 Å².